The lowest BCUT2D eigenvalue weighted by Crippen LogP contribution is -2.42. The summed E-state index contributed by atoms with van der Waals surface area (Å²) < 4.78 is 38.3. The Morgan fingerprint density at radius 1 is 1.46 bits per heavy atom. The molecule has 146 valence electrons. The molecule has 8 heteroatoms. The van der Waals surface area contributed by atoms with Gasteiger partial charge in [-0.1, -0.05) is 6.08 Å². The van der Waals surface area contributed by atoms with Crippen LogP contribution in [0.3, 0.4) is 0 Å². The fourth-order valence-electron chi connectivity index (χ4n) is 3.34. The highest BCUT2D eigenvalue weighted by molar-refractivity contribution is 7.12. The normalized spacial score (nSPS) is 21.7. The van der Waals surface area contributed by atoms with E-state index in [1.165, 1.54) is 0 Å². The first kappa shape index (κ1) is 20.9. The monoisotopic (exact) mass is 389 g/mol. The molecule has 0 amide bonds. The van der Waals surface area contributed by atoms with Crippen LogP contribution >= 0.6 is 11.3 Å². The molecule has 4 nitrogen and oxygen atoms in total. The number of hydrogen-bond acceptors (Lipinski definition) is 4. The number of rotatable bonds is 6. The second-order valence-corrected chi connectivity index (χ2v) is 7.89. The molecule has 1 saturated carbocycles. The maximum atomic E-state index is 12.8. The van der Waals surface area contributed by atoms with Crippen molar-refractivity contribution in [2.45, 2.75) is 57.8 Å². The second kappa shape index (κ2) is 9.01. The Kier molecular flexibility index (Phi) is 7.25. The molecule has 0 saturated heterocycles. The van der Waals surface area contributed by atoms with Crippen LogP contribution in [0.5, 0.6) is 0 Å². The van der Waals surface area contributed by atoms with E-state index in [0.717, 1.165) is 35.5 Å². The predicted molar refractivity (Wildman–Crippen MR) is 99.6 cm³/mol. The van der Waals surface area contributed by atoms with Crippen molar-refractivity contribution in [1.29, 1.82) is 0 Å². The summed E-state index contributed by atoms with van der Waals surface area (Å²) in [6.07, 6.45) is 0.792. The molecule has 1 heterocycles. The molecule has 3 N–H and O–H groups in total. The zero-order chi connectivity index (χ0) is 19.3. The predicted octanol–water partition coefficient (Wildman–Crippen LogP) is 3.62. The topological polar surface area (TPSA) is 61.8 Å². The van der Waals surface area contributed by atoms with Gasteiger partial charge in [0.15, 0.2) is 0 Å². The number of nitrogens with two attached hydrogens (primary N) is 1. The fourth-order valence-corrected chi connectivity index (χ4v) is 4.40. The van der Waals surface area contributed by atoms with Crippen LogP contribution in [0.15, 0.2) is 23.3 Å². The lowest BCUT2D eigenvalue weighted by Gasteiger charge is -2.31. The Morgan fingerprint density at radius 3 is 2.73 bits per heavy atom. The molecule has 2 rings (SSSR count). The Balaban J connectivity index is 2.40. The van der Waals surface area contributed by atoms with Gasteiger partial charge in [0.2, 0.25) is 0 Å². The number of aliphatic hydroxyl groups excluding tert-OH is 1. The van der Waals surface area contributed by atoms with Crippen molar-refractivity contribution in [3.63, 3.8) is 0 Å². The average Bonchev–Trinajstić information content (AvgIpc) is 3.11. The van der Waals surface area contributed by atoms with Crippen LogP contribution in [0.1, 0.15) is 41.5 Å². The highest BCUT2D eigenvalue weighted by Crippen LogP contribution is 2.31. The second-order valence-electron chi connectivity index (χ2n) is 6.55. The summed E-state index contributed by atoms with van der Waals surface area (Å²) in [4.78, 5) is 7.56. The number of nitrogens with zero attached hydrogens (tertiary/aromatic N) is 2. The summed E-state index contributed by atoms with van der Waals surface area (Å²) in [5, 5.41) is 9.52. The first-order valence-corrected chi connectivity index (χ1v) is 9.55. The molecule has 2 unspecified atom stereocenters. The quantitative estimate of drug-likeness (QED) is 0.577. The third-order valence-corrected chi connectivity index (χ3v) is 5.48. The maximum Gasteiger partial charge on any atom is 0.393 e. The summed E-state index contributed by atoms with van der Waals surface area (Å²) >= 11 is 1.14. The van der Waals surface area contributed by atoms with E-state index >= 15 is 0 Å². The first-order chi connectivity index (χ1) is 12.2. The van der Waals surface area contributed by atoms with Gasteiger partial charge >= 0.3 is 6.18 Å². The summed E-state index contributed by atoms with van der Waals surface area (Å²) in [5.41, 5.74) is 6.73. The third kappa shape index (κ3) is 5.56. The molecule has 0 radical (unpaired) electrons. The van der Waals surface area contributed by atoms with E-state index in [9.17, 15) is 18.3 Å². The lowest BCUT2D eigenvalue weighted by atomic mass is 10.1. The number of aliphatic imine (C=N–C) groups is 1. The Bertz CT molecular complexity index is 655. The van der Waals surface area contributed by atoms with Crippen molar-refractivity contribution in [1.82, 2.24) is 4.90 Å². The molecule has 1 aliphatic carbocycles. The van der Waals surface area contributed by atoms with Gasteiger partial charge in [0.1, 0.15) is 5.84 Å². The largest absolute Gasteiger partial charge is 0.395 e. The number of amidine groups is 1. The number of halogens is 3. The number of thiophene rings is 1. The van der Waals surface area contributed by atoms with Crippen molar-refractivity contribution in [3.05, 3.63) is 33.7 Å². The van der Waals surface area contributed by atoms with E-state index in [1.807, 2.05) is 18.7 Å². The van der Waals surface area contributed by atoms with Crippen LogP contribution in [0.25, 0.3) is 0 Å². The molecule has 26 heavy (non-hydrogen) atoms. The smallest absolute Gasteiger partial charge is 0.393 e. The summed E-state index contributed by atoms with van der Waals surface area (Å²) in [5.74, 6) is 0.610. The Labute approximate surface area is 156 Å². The Morgan fingerprint density at radius 2 is 2.19 bits per heavy atom. The zero-order valence-corrected chi connectivity index (χ0v) is 15.9. The van der Waals surface area contributed by atoms with Crippen molar-refractivity contribution < 1.29 is 18.3 Å². The summed E-state index contributed by atoms with van der Waals surface area (Å²) in [7, 11) is 0. The number of allylic oxidation sites excluding steroid dienone is 1. The van der Waals surface area contributed by atoms with Gasteiger partial charge in [-0.15, -0.1) is 11.3 Å². The van der Waals surface area contributed by atoms with Gasteiger partial charge in [0.25, 0.3) is 0 Å². The standard InChI is InChI=1S/C18H26F3N3OS/c1-3-6-23-17(24(7-8-25)14-5-4-13(22)9-14)16-10-15(26-12(16)2)11-18(19,20)21/h3,6,10,13-14,25H,4-5,7-9,11,22H2,1-2H3/b6-3+,23-17+. The lowest BCUT2D eigenvalue weighted by molar-refractivity contribution is -0.126. The summed E-state index contributed by atoms with van der Waals surface area (Å²) in [6, 6.07) is 1.81. The van der Waals surface area contributed by atoms with Crippen LogP contribution in [-0.4, -0.2) is 47.3 Å². The van der Waals surface area contributed by atoms with Crippen molar-refractivity contribution in [3.8, 4) is 0 Å². The molecule has 2 atom stereocenters. The van der Waals surface area contributed by atoms with Crippen LogP contribution in [0, 0.1) is 6.92 Å². The van der Waals surface area contributed by atoms with Gasteiger partial charge < -0.3 is 15.7 Å². The highest BCUT2D eigenvalue weighted by Gasteiger charge is 2.32. The van der Waals surface area contributed by atoms with E-state index in [1.54, 1.807) is 18.3 Å². The van der Waals surface area contributed by atoms with E-state index in [0.29, 0.717) is 17.9 Å². The van der Waals surface area contributed by atoms with E-state index < -0.39 is 12.6 Å². The van der Waals surface area contributed by atoms with Gasteiger partial charge in [-0.25, -0.2) is 4.99 Å². The molecule has 0 bridgehead atoms. The van der Waals surface area contributed by atoms with Gasteiger partial charge in [-0.2, -0.15) is 13.2 Å². The molecule has 1 aromatic heterocycles. The maximum absolute atomic E-state index is 12.8. The zero-order valence-electron chi connectivity index (χ0n) is 15.1. The SMILES string of the molecule is C/C=C/N=C(\c1cc(CC(F)(F)F)sc1C)N(CCO)C1CCC(N)C1. The van der Waals surface area contributed by atoms with Crippen molar-refractivity contribution in [2.24, 2.45) is 10.7 Å². The third-order valence-electron chi connectivity index (χ3n) is 4.43. The molecular weight excluding hydrogens is 363 g/mol. The first-order valence-electron chi connectivity index (χ1n) is 8.73. The number of aliphatic hydroxyl groups is 1. The fraction of sp³-hybridized carbons (Fsp3) is 0.611. The molecule has 0 aromatic carbocycles. The van der Waals surface area contributed by atoms with E-state index in [2.05, 4.69) is 4.99 Å². The van der Waals surface area contributed by atoms with E-state index in [-0.39, 0.29) is 23.6 Å². The number of alkyl halides is 3. The van der Waals surface area contributed by atoms with Crippen molar-refractivity contribution >= 4 is 17.2 Å². The molecular formula is C18H26F3N3OS. The van der Waals surface area contributed by atoms with Gasteiger partial charge in [0, 0.05) is 40.1 Å². The van der Waals surface area contributed by atoms with Crippen LogP contribution < -0.4 is 5.73 Å². The minimum Gasteiger partial charge on any atom is -0.395 e. The molecule has 1 aromatic rings. The van der Waals surface area contributed by atoms with Crippen molar-refractivity contribution in [2.75, 3.05) is 13.2 Å². The Hall–Kier alpha value is -1.38. The van der Waals surface area contributed by atoms with E-state index in [4.69, 9.17) is 5.73 Å². The van der Waals surface area contributed by atoms with Gasteiger partial charge in [0.05, 0.1) is 13.0 Å². The van der Waals surface area contributed by atoms with Crippen LogP contribution in [-0.2, 0) is 6.42 Å². The minimum absolute atomic E-state index is 0.0564. The van der Waals surface area contributed by atoms with Crippen LogP contribution in [0.2, 0.25) is 0 Å². The van der Waals surface area contributed by atoms with Gasteiger partial charge in [-0.3, -0.25) is 0 Å². The highest BCUT2D eigenvalue weighted by atomic mass is 32.1. The minimum atomic E-state index is -4.24. The number of hydrogen-bond donors (Lipinski definition) is 2. The molecule has 1 aliphatic rings. The number of aryl methyl sites for hydroxylation is 1. The summed E-state index contributed by atoms with van der Waals surface area (Å²) in [6.45, 7) is 3.96. The average molecular weight is 389 g/mol. The van der Waals surface area contributed by atoms with Gasteiger partial charge in [-0.05, 0) is 39.2 Å². The molecule has 0 aliphatic heterocycles. The molecule has 0 spiro atoms. The van der Waals surface area contributed by atoms with Crippen LogP contribution in [0.4, 0.5) is 13.2 Å². The molecule has 1 fully saturated rings.